The highest BCUT2D eigenvalue weighted by atomic mass is 32.2. The predicted octanol–water partition coefficient (Wildman–Crippen LogP) is 0.529. The van der Waals surface area contributed by atoms with Crippen molar-refractivity contribution in [3.8, 4) is 0 Å². The lowest BCUT2D eigenvalue weighted by molar-refractivity contribution is 0.484. The van der Waals surface area contributed by atoms with Crippen LogP contribution in [0.4, 0.5) is 5.13 Å². The molecule has 2 rings (SSSR count). The van der Waals surface area contributed by atoms with Gasteiger partial charge in [-0.15, -0.1) is 0 Å². The third-order valence-corrected chi connectivity index (χ3v) is 4.95. The van der Waals surface area contributed by atoms with E-state index in [2.05, 4.69) is 4.98 Å². The first kappa shape index (κ1) is 13.2. The number of anilines is 1. The Bertz CT molecular complexity index is 835. The zero-order valence-corrected chi connectivity index (χ0v) is 11.4. The topological polar surface area (TPSA) is 127 Å². The summed E-state index contributed by atoms with van der Waals surface area (Å²) in [5.74, 6) is 0. The summed E-state index contributed by atoms with van der Waals surface area (Å²) >= 11 is 0.939. The Balaban J connectivity index is 2.99. The molecule has 0 radical (unpaired) electrons. The second-order valence-electron chi connectivity index (χ2n) is 3.57. The first-order valence-corrected chi connectivity index (χ1v) is 8.61. The predicted molar refractivity (Wildman–Crippen MR) is 67.0 cm³/mol. The minimum atomic E-state index is -4.57. The molecule has 18 heavy (non-hydrogen) atoms. The molecular formula is C8H8N2O5S3. The number of aromatic nitrogens is 1. The molecule has 0 aliphatic carbocycles. The van der Waals surface area contributed by atoms with Gasteiger partial charge in [0, 0.05) is 6.26 Å². The standard InChI is InChI=1S/C8H8N2O5S3/c1-17(11,12)4-2-5-7(10-8(9)16-5)6(3-4)18(13,14)15/h2-3H,1H3,(H2,9,10)(H,13,14,15). The van der Waals surface area contributed by atoms with Crippen molar-refractivity contribution in [3.05, 3.63) is 12.1 Å². The van der Waals surface area contributed by atoms with Crippen LogP contribution in [0.15, 0.2) is 21.9 Å². The second kappa shape index (κ2) is 3.88. The van der Waals surface area contributed by atoms with Crippen LogP contribution in [0.5, 0.6) is 0 Å². The van der Waals surface area contributed by atoms with Crippen molar-refractivity contribution in [2.75, 3.05) is 12.0 Å². The van der Waals surface area contributed by atoms with Crippen LogP contribution < -0.4 is 5.73 Å². The number of hydrogen-bond acceptors (Lipinski definition) is 7. The number of hydrogen-bond donors (Lipinski definition) is 2. The van der Waals surface area contributed by atoms with Gasteiger partial charge in [-0.25, -0.2) is 13.4 Å². The van der Waals surface area contributed by atoms with Gasteiger partial charge in [-0.3, -0.25) is 4.55 Å². The van der Waals surface area contributed by atoms with Gasteiger partial charge in [-0.1, -0.05) is 11.3 Å². The van der Waals surface area contributed by atoms with E-state index >= 15 is 0 Å². The number of fused-ring (bicyclic) bond motifs is 1. The van der Waals surface area contributed by atoms with Gasteiger partial charge in [0.15, 0.2) is 15.0 Å². The van der Waals surface area contributed by atoms with Crippen molar-refractivity contribution in [1.29, 1.82) is 0 Å². The first-order chi connectivity index (χ1) is 8.09. The molecule has 1 aromatic carbocycles. The summed E-state index contributed by atoms with van der Waals surface area (Å²) in [6.07, 6.45) is 0.937. The lowest BCUT2D eigenvalue weighted by Gasteiger charge is -2.02. The SMILES string of the molecule is CS(=O)(=O)c1cc(S(=O)(=O)O)c2nc(N)sc2c1. The molecule has 0 unspecified atom stereocenters. The molecule has 0 amide bonds. The van der Waals surface area contributed by atoms with Gasteiger partial charge in [0.1, 0.15) is 10.4 Å². The summed E-state index contributed by atoms with van der Waals surface area (Å²) in [6, 6.07) is 2.14. The molecule has 0 spiro atoms. The fraction of sp³-hybridized carbons (Fsp3) is 0.125. The normalized spacial score (nSPS) is 13.0. The van der Waals surface area contributed by atoms with Crippen LogP contribution in [0.2, 0.25) is 0 Å². The molecule has 2 aromatic rings. The largest absolute Gasteiger partial charge is 0.375 e. The van der Waals surface area contributed by atoms with E-state index in [-0.39, 0.29) is 20.2 Å². The highest BCUT2D eigenvalue weighted by Crippen LogP contribution is 2.31. The summed E-state index contributed by atoms with van der Waals surface area (Å²) in [5, 5.41) is 0.0838. The summed E-state index contributed by atoms with van der Waals surface area (Å²) in [5.41, 5.74) is 5.41. The van der Waals surface area contributed by atoms with Gasteiger partial charge in [0.2, 0.25) is 0 Å². The third kappa shape index (κ3) is 2.32. The molecule has 7 nitrogen and oxygen atoms in total. The summed E-state index contributed by atoms with van der Waals surface area (Å²) in [4.78, 5) is 2.99. The van der Waals surface area contributed by atoms with Crippen molar-refractivity contribution in [1.82, 2.24) is 4.98 Å². The molecule has 1 aromatic heterocycles. The van der Waals surface area contributed by atoms with Crippen molar-refractivity contribution >= 4 is 46.6 Å². The monoisotopic (exact) mass is 308 g/mol. The summed E-state index contributed by atoms with van der Waals surface area (Å²) < 4.78 is 54.7. The van der Waals surface area contributed by atoms with Crippen LogP contribution in [0.3, 0.4) is 0 Å². The van der Waals surface area contributed by atoms with E-state index in [1.165, 1.54) is 6.07 Å². The molecule has 98 valence electrons. The number of thiazole rings is 1. The molecule has 0 fully saturated rings. The fourth-order valence-electron chi connectivity index (χ4n) is 1.40. The number of nitrogen functional groups attached to an aromatic ring is 1. The number of rotatable bonds is 2. The molecule has 0 aliphatic heterocycles. The van der Waals surface area contributed by atoms with Gasteiger partial charge in [0.25, 0.3) is 10.1 Å². The molecule has 1 heterocycles. The molecule has 0 bridgehead atoms. The van der Waals surface area contributed by atoms with E-state index < -0.39 is 24.9 Å². The molecule has 0 saturated carbocycles. The quantitative estimate of drug-likeness (QED) is 0.774. The smallest absolute Gasteiger partial charge is 0.296 e. The molecule has 3 N–H and O–H groups in total. The maximum atomic E-state index is 11.4. The van der Waals surface area contributed by atoms with E-state index in [4.69, 9.17) is 10.3 Å². The van der Waals surface area contributed by atoms with E-state index in [1.54, 1.807) is 0 Å². The third-order valence-electron chi connectivity index (χ3n) is 2.16. The Morgan fingerprint density at radius 1 is 1.28 bits per heavy atom. The first-order valence-electron chi connectivity index (χ1n) is 4.46. The maximum absolute atomic E-state index is 11.4. The zero-order chi connectivity index (χ0) is 13.7. The second-order valence-corrected chi connectivity index (χ2v) is 8.04. The highest BCUT2D eigenvalue weighted by Gasteiger charge is 2.21. The molecule has 10 heteroatoms. The van der Waals surface area contributed by atoms with E-state index in [9.17, 15) is 16.8 Å². The van der Waals surface area contributed by atoms with Crippen LogP contribution >= 0.6 is 11.3 Å². The van der Waals surface area contributed by atoms with E-state index in [0.29, 0.717) is 0 Å². The minimum Gasteiger partial charge on any atom is -0.375 e. The van der Waals surface area contributed by atoms with Crippen LogP contribution in [0.25, 0.3) is 10.2 Å². The minimum absolute atomic E-state index is 0.0348. The molecular weight excluding hydrogens is 300 g/mol. The lowest BCUT2D eigenvalue weighted by Crippen LogP contribution is -2.03. The number of nitrogens with two attached hydrogens (primary N) is 1. The lowest BCUT2D eigenvalue weighted by atomic mass is 10.3. The Hall–Kier alpha value is -1.23. The van der Waals surface area contributed by atoms with Gasteiger partial charge >= 0.3 is 0 Å². The average molecular weight is 308 g/mol. The van der Waals surface area contributed by atoms with Crippen molar-refractivity contribution in [2.45, 2.75) is 9.79 Å². The Labute approximate surface area is 107 Å². The Morgan fingerprint density at radius 2 is 1.89 bits per heavy atom. The Morgan fingerprint density at radius 3 is 2.39 bits per heavy atom. The molecule has 0 aliphatic rings. The van der Waals surface area contributed by atoms with Crippen LogP contribution in [0, 0.1) is 0 Å². The fourth-order valence-corrected chi connectivity index (χ4v) is 3.76. The highest BCUT2D eigenvalue weighted by molar-refractivity contribution is 7.90. The zero-order valence-electron chi connectivity index (χ0n) is 8.98. The number of benzene rings is 1. The van der Waals surface area contributed by atoms with Gasteiger partial charge < -0.3 is 5.73 Å². The van der Waals surface area contributed by atoms with Crippen LogP contribution in [-0.2, 0) is 20.0 Å². The van der Waals surface area contributed by atoms with E-state index in [0.717, 1.165) is 23.7 Å². The van der Waals surface area contributed by atoms with Crippen LogP contribution in [0.1, 0.15) is 0 Å². The van der Waals surface area contributed by atoms with Gasteiger partial charge in [0.05, 0.1) is 9.60 Å². The maximum Gasteiger partial charge on any atom is 0.296 e. The van der Waals surface area contributed by atoms with Crippen molar-refractivity contribution < 1.29 is 21.4 Å². The van der Waals surface area contributed by atoms with Crippen molar-refractivity contribution in [3.63, 3.8) is 0 Å². The Kier molecular flexibility index (Phi) is 2.85. The van der Waals surface area contributed by atoms with Gasteiger partial charge in [-0.05, 0) is 12.1 Å². The molecule has 0 atom stereocenters. The molecule has 0 saturated heterocycles. The average Bonchev–Trinajstić information content (AvgIpc) is 2.52. The summed E-state index contributed by atoms with van der Waals surface area (Å²) in [6.45, 7) is 0. The number of nitrogens with zero attached hydrogens (tertiary/aromatic N) is 1. The number of sulfone groups is 1. The van der Waals surface area contributed by atoms with Crippen LogP contribution in [-0.4, -0.2) is 32.6 Å². The summed E-state index contributed by atoms with van der Waals surface area (Å²) in [7, 11) is -8.18. The van der Waals surface area contributed by atoms with Crippen molar-refractivity contribution in [2.24, 2.45) is 0 Å². The van der Waals surface area contributed by atoms with Gasteiger partial charge in [-0.2, -0.15) is 8.42 Å². The van der Waals surface area contributed by atoms with E-state index in [1.807, 2.05) is 0 Å².